The van der Waals surface area contributed by atoms with Gasteiger partial charge in [0.15, 0.2) is 30.4 Å². The summed E-state index contributed by atoms with van der Waals surface area (Å²) in [5, 5.41) is 22.8. The highest BCUT2D eigenvalue weighted by molar-refractivity contribution is 5.17. The van der Waals surface area contributed by atoms with Crippen molar-refractivity contribution in [3.05, 3.63) is 71.8 Å². The molecule has 11 heteroatoms. The molecule has 4 aliphatic rings. The minimum Gasteiger partial charge on any atom is -0.385 e. The molecule has 4 saturated heterocycles. The van der Waals surface area contributed by atoms with E-state index in [1.165, 1.54) is 0 Å². The normalized spacial score (nSPS) is 38.2. The molecule has 0 saturated carbocycles. The minimum absolute atomic E-state index is 0.166. The summed E-state index contributed by atoms with van der Waals surface area (Å²) < 4.78 is 54.5. The lowest BCUT2D eigenvalue weighted by Crippen LogP contribution is -2.63. The zero-order chi connectivity index (χ0) is 29.5. The van der Waals surface area contributed by atoms with E-state index in [9.17, 15) is 10.2 Å². The summed E-state index contributed by atoms with van der Waals surface area (Å²) >= 11 is 0. The van der Waals surface area contributed by atoms with Gasteiger partial charge in [0.2, 0.25) is 0 Å². The van der Waals surface area contributed by atoms with Crippen LogP contribution in [0.15, 0.2) is 60.7 Å². The first kappa shape index (κ1) is 30.0. The Morgan fingerprint density at radius 1 is 0.833 bits per heavy atom. The van der Waals surface area contributed by atoms with E-state index in [0.29, 0.717) is 0 Å². The van der Waals surface area contributed by atoms with Crippen molar-refractivity contribution in [3.8, 4) is 0 Å². The van der Waals surface area contributed by atoms with E-state index >= 15 is 0 Å². The van der Waals surface area contributed by atoms with E-state index < -0.39 is 73.2 Å². The fourth-order valence-corrected chi connectivity index (χ4v) is 5.83. The predicted octanol–water partition coefficient (Wildman–Crippen LogP) is 2.78. The van der Waals surface area contributed by atoms with Crippen LogP contribution < -0.4 is 0 Å². The van der Waals surface area contributed by atoms with Gasteiger partial charge in [-0.25, -0.2) is 0 Å². The van der Waals surface area contributed by atoms with Gasteiger partial charge in [0.25, 0.3) is 0 Å². The van der Waals surface area contributed by atoms with Crippen molar-refractivity contribution in [2.75, 3.05) is 13.2 Å². The van der Waals surface area contributed by atoms with Gasteiger partial charge in [-0.2, -0.15) is 0 Å². The summed E-state index contributed by atoms with van der Waals surface area (Å²) in [7, 11) is 0. The molecule has 0 amide bonds. The number of aliphatic hydroxyl groups excluding tert-OH is 2. The van der Waals surface area contributed by atoms with Crippen LogP contribution in [0.1, 0.15) is 45.1 Å². The average Bonchev–Trinajstić information content (AvgIpc) is 3.51. The van der Waals surface area contributed by atoms with Gasteiger partial charge in [-0.3, -0.25) is 0 Å². The van der Waals surface area contributed by atoms with E-state index in [0.717, 1.165) is 11.1 Å². The van der Waals surface area contributed by atoms with Gasteiger partial charge < -0.3 is 52.8 Å². The Morgan fingerprint density at radius 2 is 1.55 bits per heavy atom. The molecule has 10 atom stereocenters. The molecule has 2 aromatic rings. The molecule has 11 nitrogen and oxygen atoms in total. The maximum Gasteiger partial charge on any atom is 0.189 e. The highest BCUT2D eigenvalue weighted by atomic mass is 16.8. The Balaban J connectivity index is 1.18. The largest absolute Gasteiger partial charge is 0.385 e. The van der Waals surface area contributed by atoms with Crippen molar-refractivity contribution in [3.63, 3.8) is 0 Å². The Bertz CT molecular complexity index is 1160. The lowest BCUT2D eigenvalue weighted by molar-refractivity contribution is -0.386. The molecule has 0 aromatic heterocycles. The quantitative estimate of drug-likeness (QED) is 0.443. The molecule has 2 aromatic carbocycles. The first-order valence-corrected chi connectivity index (χ1v) is 14.4. The maximum absolute atomic E-state index is 11.5. The molecule has 0 bridgehead atoms. The van der Waals surface area contributed by atoms with Gasteiger partial charge in [-0.05, 0) is 33.3 Å². The molecular weight excluding hydrogens is 548 g/mol. The summed E-state index contributed by atoms with van der Waals surface area (Å²) in [6.07, 6.45) is -9.04. The summed E-state index contributed by atoms with van der Waals surface area (Å²) in [6, 6.07) is 19.2. The maximum atomic E-state index is 11.5. The highest BCUT2D eigenvalue weighted by Crippen LogP contribution is 2.39. The predicted molar refractivity (Wildman–Crippen MR) is 146 cm³/mol. The molecule has 4 heterocycles. The van der Waals surface area contributed by atoms with Crippen molar-refractivity contribution in [1.29, 1.82) is 0 Å². The lowest BCUT2D eigenvalue weighted by Gasteiger charge is -2.48. The third-order valence-electron chi connectivity index (χ3n) is 7.78. The van der Waals surface area contributed by atoms with Crippen molar-refractivity contribution < 1.29 is 52.8 Å². The number of benzene rings is 2. The van der Waals surface area contributed by atoms with Crippen LogP contribution in [0.25, 0.3) is 0 Å². The fraction of sp³-hybridized carbons (Fsp3) is 0.613. The van der Waals surface area contributed by atoms with Crippen molar-refractivity contribution >= 4 is 0 Å². The SMILES string of the molecule is CC1(C)OC[C@@H]([C@H]2OC(C)(C)O[C@H]2C(O)O[C@@H]2O[C@@H]3COC(c4ccccc4)O[C@H]3[C@H](OCc3ccccc3)[C@@H]2O)O1. The molecular formula is C31H40O11. The Labute approximate surface area is 245 Å². The zero-order valence-corrected chi connectivity index (χ0v) is 24.2. The summed E-state index contributed by atoms with van der Waals surface area (Å²) in [6.45, 7) is 7.77. The van der Waals surface area contributed by atoms with Crippen LogP contribution >= 0.6 is 0 Å². The smallest absolute Gasteiger partial charge is 0.189 e. The molecule has 230 valence electrons. The molecule has 42 heavy (non-hydrogen) atoms. The number of ether oxygens (including phenoxy) is 9. The second kappa shape index (κ2) is 12.2. The summed E-state index contributed by atoms with van der Waals surface area (Å²) in [4.78, 5) is 0. The van der Waals surface area contributed by atoms with Crippen LogP contribution in [-0.2, 0) is 49.2 Å². The van der Waals surface area contributed by atoms with E-state index in [-0.39, 0.29) is 19.8 Å². The van der Waals surface area contributed by atoms with E-state index in [4.69, 9.17) is 42.6 Å². The average molecular weight is 589 g/mol. The van der Waals surface area contributed by atoms with Crippen LogP contribution in [0.4, 0.5) is 0 Å². The van der Waals surface area contributed by atoms with Crippen LogP contribution in [-0.4, -0.2) is 90.3 Å². The van der Waals surface area contributed by atoms with Crippen LogP contribution in [0, 0.1) is 0 Å². The topological polar surface area (TPSA) is 124 Å². The Morgan fingerprint density at radius 3 is 2.24 bits per heavy atom. The van der Waals surface area contributed by atoms with Gasteiger partial charge in [-0.15, -0.1) is 0 Å². The van der Waals surface area contributed by atoms with Crippen LogP contribution in [0.5, 0.6) is 0 Å². The van der Waals surface area contributed by atoms with Gasteiger partial charge in [-0.1, -0.05) is 60.7 Å². The standard InChI is InChI=1S/C31H40O11/c1-30(2)36-17-21(40-30)24-26(42-31(3,4)41-24)27(33)39-29-22(32)25(34-15-18-11-7-5-8-12-18)23-20(37-29)16-35-28(38-23)19-13-9-6-10-14-19/h5-14,20-29,32-33H,15-17H2,1-4H3/t20-,21+,22+,23-,24-,25-,26-,27?,28?,29+/m1/s1. The van der Waals surface area contributed by atoms with Gasteiger partial charge in [0.1, 0.15) is 42.7 Å². The van der Waals surface area contributed by atoms with Crippen molar-refractivity contribution in [2.24, 2.45) is 0 Å². The number of fused-ring (bicyclic) bond motifs is 1. The minimum atomic E-state index is -1.53. The zero-order valence-electron chi connectivity index (χ0n) is 24.2. The van der Waals surface area contributed by atoms with E-state index in [1.807, 2.05) is 74.5 Å². The Kier molecular flexibility index (Phi) is 8.71. The second-order valence-corrected chi connectivity index (χ2v) is 11.9. The van der Waals surface area contributed by atoms with Gasteiger partial charge in [0, 0.05) is 5.56 Å². The van der Waals surface area contributed by atoms with E-state index in [1.54, 1.807) is 13.8 Å². The third-order valence-corrected chi connectivity index (χ3v) is 7.78. The molecule has 0 radical (unpaired) electrons. The highest BCUT2D eigenvalue weighted by Gasteiger charge is 2.55. The monoisotopic (exact) mass is 588 g/mol. The number of hydrogen-bond donors (Lipinski definition) is 2. The molecule has 0 spiro atoms. The van der Waals surface area contributed by atoms with Gasteiger partial charge in [0.05, 0.1) is 19.8 Å². The number of hydrogen-bond acceptors (Lipinski definition) is 11. The van der Waals surface area contributed by atoms with Gasteiger partial charge >= 0.3 is 0 Å². The number of rotatable bonds is 8. The van der Waals surface area contributed by atoms with Crippen LogP contribution in [0.3, 0.4) is 0 Å². The first-order chi connectivity index (χ1) is 20.1. The third kappa shape index (κ3) is 6.57. The molecule has 4 aliphatic heterocycles. The lowest BCUT2D eigenvalue weighted by atomic mass is 9.97. The van der Waals surface area contributed by atoms with Crippen LogP contribution in [0.2, 0.25) is 0 Å². The molecule has 4 fully saturated rings. The first-order valence-electron chi connectivity index (χ1n) is 14.4. The Hall–Kier alpha value is -2.00. The molecule has 2 unspecified atom stereocenters. The second-order valence-electron chi connectivity index (χ2n) is 11.9. The van der Waals surface area contributed by atoms with Crippen molar-refractivity contribution in [1.82, 2.24) is 0 Å². The number of aliphatic hydroxyl groups is 2. The summed E-state index contributed by atoms with van der Waals surface area (Å²) in [5.74, 6) is -1.80. The molecule has 2 N–H and O–H groups in total. The summed E-state index contributed by atoms with van der Waals surface area (Å²) in [5.41, 5.74) is 1.77. The molecule has 0 aliphatic carbocycles. The molecule has 6 rings (SSSR count). The fourth-order valence-electron chi connectivity index (χ4n) is 5.83. The van der Waals surface area contributed by atoms with Crippen molar-refractivity contribution in [2.45, 2.75) is 107 Å². The van der Waals surface area contributed by atoms with E-state index in [2.05, 4.69) is 0 Å².